The molecule has 2 rings (SSSR count). The fourth-order valence-corrected chi connectivity index (χ4v) is 1.92. The molecule has 2 N–H and O–H groups in total. The normalized spacial score (nSPS) is 13.8. The van der Waals surface area contributed by atoms with E-state index in [9.17, 15) is 4.79 Å². The molecule has 1 aliphatic rings. The van der Waals surface area contributed by atoms with Crippen molar-refractivity contribution in [2.75, 3.05) is 26.7 Å². The lowest BCUT2D eigenvalue weighted by molar-refractivity contribution is 0.0949. The van der Waals surface area contributed by atoms with Crippen LogP contribution >= 0.6 is 0 Å². The minimum atomic E-state index is -0.204. The quantitative estimate of drug-likeness (QED) is 0.755. The molecular weight excluding hydrogens is 254 g/mol. The Labute approximate surface area is 119 Å². The molecule has 1 aliphatic carbocycles. The van der Waals surface area contributed by atoms with Crippen LogP contribution in [0.15, 0.2) is 18.5 Å². The average Bonchev–Trinajstić information content (AvgIpc) is 3.29. The Morgan fingerprint density at radius 2 is 2.35 bits per heavy atom. The third-order valence-corrected chi connectivity index (χ3v) is 3.23. The molecular formula is C15H19N3O2. The Morgan fingerprint density at radius 3 is 3.05 bits per heavy atom. The van der Waals surface area contributed by atoms with Crippen molar-refractivity contribution in [3.8, 4) is 11.8 Å². The highest BCUT2D eigenvalue weighted by molar-refractivity contribution is 5.94. The van der Waals surface area contributed by atoms with Crippen LogP contribution in [-0.2, 0) is 0 Å². The Balaban J connectivity index is 1.84. The lowest BCUT2D eigenvalue weighted by Gasteiger charge is -2.15. The maximum Gasteiger partial charge on any atom is 0.252 e. The fraction of sp³-hybridized carbons (Fsp3) is 0.467. The number of likely N-dealkylation sites (N-methyl/N-ethyl adjacent to an activating group) is 1. The summed E-state index contributed by atoms with van der Waals surface area (Å²) in [6, 6.07) is 2.38. The van der Waals surface area contributed by atoms with E-state index in [0.29, 0.717) is 23.7 Å². The molecule has 0 atom stereocenters. The van der Waals surface area contributed by atoms with Crippen LogP contribution < -0.4 is 5.32 Å². The van der Waals surface area contributed by atoms with Crippen molar-refractivity contribution in [1.29, 1.82) is 0 Å². The highest BCUT2D eigenvalue weighted by Crippen LogP contribution is 2.24. The zero-order chi connectivity index (χ0) is 14.4. The van der Waals surface area contributed by atoms with E-state index in [1.54, 1.807) is 12.3 Å². The first-order valence-corrected chi connectivity index (χ1v) is 6.74. The van der Waals surface area contributed by atoms with Crippen LogP contribution in [0.4, 0.5) is 0 Å². The smallest absolute Gasteiger partial charge is 0.252 e. The first kappa shape index (κ1) is 14.5. The van der Waals surface area contributed by atoms with Crippen molar-refractivity contribution >= 4 is 5.91 Å². The van der Waals surface area contributed by atoms with Gasteiger partial charge in [0.1, 0.15) is 6.61 Å². The van der Waals surface area contributed by atoms with E-state index in [0.717, 1.165) is 6.54 Å². The summed E-state index contributed by atoms with van der Waals surface area (Å²) >= 11 is 0. The molecule has 106 valence electrons. The molecule has 5 nitrogen and oxygen atoms in total. The van der Waals surface area contributed by atoms with Crippen LogP contribution in [-0.4, -0.2) is 53.7 Å². The van der Waals surface area contributed by atoms with Gasteiger partial charge in [-0.25, -0.2) is 0 Å². The number of hydrogen-bond donors (Lipinski definition) is 2. The summed E-state index contributed by atoms with van der Waals surface area (Å²) in [5, 5.41) is 11.5. The number of aliphatic hydroxyl groups is 1. The first-order valence-electron chi connectivity index (χ1n) is 6.74. The topological polar surface area (TPSA) is 65.5 Å². The molecule has 0 radical (unpaired) electrons. The number of amides is 1. The largest absolute Gasteiger partial charge is 0.384 e. The molecule has 20 heavy (non-hydrogen) atoms. The summed E-state index contributed by atoms with van der Waals surface area (Å²) in [4.78, 5) is 18.2. The van der Waals surface area contributed by atoms with E-state index < -0.39 is 0 Å². The van der Waals surface area contributed by atoms with Crippen LogP contribution in [0.3, 0.4) is 0 Å². The average molecular weight is 273 g/mol. The van der Waals surface area contributed by atoms with Crippen LogP contribution in [0.2, 0.25) is 0 Å². The maximum absolute atomic E-state index is 12.0. The molecule has 1 heterocycles. The molecule has 1 amide bonds. The third kappa shape index (κ3) is 4.34. The predicted molar refractivity (Wildman–Crippen MR) is 76.2 cm³/mol. The van der Waals surface area contributed by atoms with E-state index in [2.05, 4.69) is 34.1 Å². The Bertz CT molecular complexity index is 529. The van der Waals surface area contributed by atoms with Crippen molar-refractivity contribution in [2.45, 2.75) is 18.9 Å². The first-order chi connectivity index (χ1) is 9.70. The molecule has 1 aromatic rings. The lowest BCUT2D eigenvalue weighted by Crippen LogP contribution is -2.34. The summed E-state index contributed by atoms with van der Waals surface area (Å²) in [5.74, 6) is 5.13. The molecule has 5 heteroatoms. The molecule has 0 saturated heterocycles. The van der Waals surface area contributed by atoms with Gasteiger partial charge in [0.15, 0.2) is 0 Å². The summed E-state index contributed by atoms with van der Waals surface area (Å²) in [6.07, 6.45) is 5.62. The number of aromatic nitrogens is 1. The number of hydrogen-bond acceptors (Lipinski definition) is 4. The molecule has 0 aromatic carbocycles. The summed E-state index contributed by atoms with van der Waals surface area (Å²) in [5.41, 5.74) is 1.12. The van der Waals surface area contributed by atoms with E-state index in [4.69, 9.17) is 5.11 Å². The molecule has 0 aliphatic heterocycles. The standard InChI is InChI=1S/C15H19N3O2/c1-18(14-4-5-14)7-6-17-15(20)13-9-12(3-2-8-19)10-16-11-13/h9-11,14,19H,4-8H2,1H3,(H,17,20). The second kappa shape index (κ2) is 7.04. The lowest BCUT2D eigenvalue weighted by atomic mass is 10.2. The zero-order valence-corrected chi connectivity index (χ0v) is 11.6. The monoisotopic (exact) mass is 273 g/mol. The van der Waals surface area contributed by atoms with Gasteiger partial charge in [-0.15, -0.1) is 0 Å². The Kier molecular flexibility index (Phi) is 5.10. The Hall–Kier alpha value is -1.90. The minimum Gasteiger partial charge on any atom is -0.384 e. The van der Waals surface area contributed by atoms with Gasteiger partial charge in [0.25, 0.3) is 5.91 Å². The van der Waals surface area contributed by atoms with E-state index in [1.165, 1.54) is 19.0 Å². The van der Waals surface area contributed by atoms with Gasteiger partial charge in [-0.05, 0) is 26.0 Å². The van der Waals surface area contributed by atoms with Crippen molar-refractivity contribution in [3.63, 3.8) is 0 Å². The number of carbonyl (C=O) groups excluding carboxylic acids is 1. The van der Waals surface area contributed by atoms with Gasteiger partial charge in [-0.3, -0.25) is 9.78 Å². The second-order valence-corrected chi connectivity index (χ2v) is 4.89. The number of carbonyl (C=O) groups is 1. The van der Waals surface area contributed by atoms with Gasteiger partial charge < -0.3 is 15.3 Å². The Morgan fingerprint density at radius 1 is 1.55 bits per heavy atom. The van der Waals surface area contributed by atoms with Crippen molar-refractivity contribution in [1.82, 2.24) is 15.2 Å². The highest BCUT2D eigenvalue weighted by Gasteiger charge is 2.25. The minimum absolute atomic E-state index is 0.144. The number of aliphatic hydroxyl groups excluding tert-OH is 1. The van der Waals surface area contributed by atoms with Gasteiger partial charge >= 0.3 is 0 Å². The van der Waals surface area contributed by atoms with Crippen molar-refractivity contribution in [3.05, 3.63) is 29.6 Å². The number of rotatable bonds is 5. The zero-order valence-electron chi connectivity index (χ0n) is 11.6. The van der Waals surface area contributed by atoms with Crippen molar-refractivity contribution < 1.29 is 9.90 Å². The molecule has 0 bridgehead atoms. The highest BCUT2D eigenvalue weighted by atomic mass is 16.2. The van der Waals surface area contributed by atoms with Crippen LogP contribution in [0, 0.1) is 11.8 Å². The predicted octanol–water partition coefficient (Wildman–Crippen LogP) is 0.249. The fourth-order valence-electron chi connectivity index (χ4n) is 1.92. The van der Waals surface area contributed by atoms with Gasteiger partial charge in [-0.1, -0.05) is 11.8 Å². The van der Waals surface area contributed by atoms with E-state index in [1.807, 2.05) is 0 Å². The molecule has 1 aromatic heterocycles. The van der Waals surface area contributed by atoms with E-state index >= 15 is 0 Å². The summed E-state index contributed by atoms with van der Waals surface area (Å²) < 4.78 is 0. The van der Waals surface area contributed by atoms with Gasteiger partial charge in [0, 0.05) is 37.1 Å². The van der Waals surface area contributed by atoms with Crippen LogP contribution in [0.5, 0.6) is 0 Å². The number of pyridine rings is 1. The number of nitrogens with zero attached hydrogens (tertiary/aromatic N) is 2. The SMILES string of the molecule is CN(CCNC(=O)c1cncc(C#CCO)c1)C1CC1. The maximum atomic E-state index is 12.0. The van der Waals surface area contributed by atoms with Gasteiger partial charge in [0.05, 0.1) is 5.56 Å². The van der Waals surface area contributed by atoms with Crippen LogP contribution in [0.25, 0.3) is 0 Å². The molecule has 0 spiro atoms. The second-order valence-electron chi connectivity index (χ2n) is 4.89. The summed E-state index contributed by atoms with van der Waals surface area (Å²) in [6.45, 7) is 1.27. The van der Waals surface area contributed by atoms with Crippen molar-refractivity contribution in [2.24, 2.45) is 0 Å². The van der Waals surface area contributed by atoms with Gasteiger partial charge in [-0.2, -0.15) is 0 Å². The number of nitrogens with one attached hydrogen (secondary N) is 1. The van der Waals surface area contributed by atoms with Gasteiger partial charge in [0.2, 0.25) is 0 Å². The third-order valence-electron chi connectivity index (χ3n) is 3.23. The molecule has 0 unspecified atom stereocenters. The molecule has 1 saturated carbocycles. The van der Waals surface area contributed by atoms with Crippen LogP contribution in [0.1, 0.15) is 28.8 Å². The summed E-state index contributed by atoms with van der Waals surface area (Å²) in [7, 11) is 2.08. The van der Waals surface area contributed by atoms with E-state index in [-0.39, 0.29) is 12.5 Å². The molecule has 1 fully saturated rings.